The van der Waals surface area contributed by atoms with Crippen LogP contribution in [0.25, 0.3) is 64.6 Å². The van der Waals surface area contributed by atoms with Gasteiger partial charge in [-0.1, -0.05) is 255 Å². The van der Waals surface area contributed by atoms with Gasteiger partial charge in [0.2, 0.25) is 11.8 Å². The van der Waals surface area contributed by atoms with Gasteiger partial charge in [-0.3, -0.25) is 9.59 Å². The number of hydrogen-bond acceptors (Lipinski definition) is 4. The van der Waals surface area contributed by atoms with E-state index in [1.54, 1.807) is 13.8 Å². The van der Waals surface area contributed by atoms with Crippen LogP contribution in [0.4, 0.5) is 0 Å². The quantitative estimate of drug-likeness (QED) is 0.0725. The largest absolute Gasteiger partial charge is 0.387 e. The molecule has 79 heavy (non-hydrogen) atoms. The SMILES string of the molecule is CC(C)(C(=O)NCC(O)(Cc1ccc2ccccc2c1)C(c1ccc2ccccc2c1)c1cccc2ccccc12)C(=O)NCC(O)(Cc1ccc2ccccc2c1)C(c1ccc2ccccc2c1)c1cccc2ccccc12. The third-order valence-electron chi connectivity index (χ3n) is 16.5. The summed E-state index contributed by atoms with van der Waals surface area (Å²) < 4.78 is 0. The molecule has 0 saturated carbocycles. The van der Waals surface area contributed by atoms with Crippen LogP contribution in [0.1, 0.15) is 59.1 Å². The van der Waals surface area contributed by atoms with Gasteiger partial charge in [0.25, 0.3) is 0 Å². The Bertz CT molecular complexity index is 3980. The molecule has 0 saturated heterocycles. The summed E-state index contributed by atoms with van der Waals surface area (Å²) >= 11 is 0. The molecule has 388 valence electrons. The van der Waals surface area contributed by atoms with Crippen molar-refractivity contribution < 1.29 is 19.8 Å². The number of hydrogen-bond donors (Lipinski definition) is 4. The van der Waals surface area contributed by atoms with Crippen LogP contribution < -0.4 is 10.6 Å². The summed E-state index contributed by atoms with van der Waals surface area (Å²) in [6.07, 6.45) is 0.356. The molecule has 0 aliphatic rings. The number of aliphatic hydroxyl groups is 2. The minimum atomic E-state index is -1.66. The third kappa shape index (κ3) is 10.1. The topological polar surface area (TPSA) is 98.7 Å². The molecule has 4 unspecified atom stereocenters. The van der Waals surface area contributed by atoms with Gasteiger partial charge in [-0.05, 0) is 112 Å². The first kappa shape index (κ1) is 50.9. The number of nitrogens with one attached hydrogen (secondary N) is 2. The molecule has 0 heterocycles. The van der Waals surface area contributed by atoms with Gasteiger partial charge in [-0.2, -0.15) is 0 Å². The van der Waals surface area contributed by atoms with Crippen molar-refractivity contribution in [1.82, 2.24) is 10.6 Å². The van der Waals surface area contributed by atoms with E-state index in [9.17, 15) is 10.2 Å². The van der Waals surface area contributed by atoms with Gasteiger partial charge >= 0.3 is 0 Å². The fourth-order valence-corrected chi connectivity index (χ4v) is 12.3. The molecule has 0 radical (unpaired) electrons. The van der Waals surface area contributed by atoms with Gasteiger partial charge in [0.1, 0.15) is 5.41 Å². The van der Waals surface area contributed by atoms with Crippen LogP contribution in [0.5, 0.6) is 0 Å². The number of rotatable bonds is 16. The molecule has 4 N–H and O–H groups in total. The second-order valence-corrected chi connectivity index (χ2v) is 22.1. The summed E-state index contributed by atoms with van der Waals surface area (Å²) in [5, 5.41) is 46.6. The lowest BCUT2D eigenvalue weighted by Gasteiger charge is -2.40. The van der Waals surface area contributed by atoms with Gasteiger partial charge in [0, 0.05) is 37.8 Å². The molecular weight excluding hydrogens is 969 g/mol. The van der Waals surface area contributed by atoms with Crippen molar-refractivity contribution in [2.24, 2.45) is 5.41 Å². The minimum Gasteiger partial charge on any atom is -0.387 e. The molecule has 0 aliphatic carbocycles. The van der Waals surface area contributed by atoms with E-state index in [4.69, 9.17) is 0 Å². The summed E-state index contributed by atoms with van der Waals surface area (Å²) in [5.41, 5.74) is 0.481. The average Bonchev–Trinajstić information content (AvgIpc) is 3.53. The number of carbonyl (C=O) groups is 2. The molecule has 0 bridgehead atoms. The monoisotopic (exact) mass is 1030 g/mol. The zero-order chi connectivity index (χ0) is 54.1. The Kier molecular flexibility index (Phi) is 13.6. The Labute approximate surface area is 461 Å². The van der Waals surface area contributed by atoms with E-state index in [0.29, 0.717) is 0 Å². The lowest BCUT2D eigenvalue weighted by molar-refractivity contribution is -0.143. The van der Waals surface area contributed by atoms with Gasteiger partial charge < -0.3 is 20.8 Å². The predicted molar refractivity (Wildman–Crippen MR) is 324 cm³/mol. The van der Waals surface area contributed by atoms with Crippen molar-refractivity contribution in [3.63, 3.8) is 0 Å². The van der Waals surface area contributed by atoms with Crippen LogP contribution in [-0.4, -0.2) is 46.3 Å². The van der Waals surface area contributed by atoms with E-state index in [0.717, 1.165) is 98.0 Å². The highest BCUT2D eigenvalue weighted by atomic mass is 16.3. The van der Waals surface area contributed by atoms with Crippen LogP contribution in [-0.2, 0) is 22.4 Å². The zero-order valence-corrected chi connectivity index (χ0v) is 44.4. The maximum Gasteiger partial charge on any atom is 0.235 e. The smallest absolute Gasteiger partial charge is 0.235 e. The standard InChI is InChI=1S/C73H62N2O4/c1-71(2,69(76)74-47-72(78,45-49-33-35-51-17-3-7-23-57(51)41-49)67(61-39-37-53-19-5-9-25-59(53)43-61)65-31-15-27-55-21-11-13-29-63(55)65)70(77)75-48-73(79,46-50-34-36-52-18-4-8-24-58(52)42-50)68(62-40-38-54-20-6-10-26-60(54)44-62)66-32-16-28-56-22-12-14-30-64(56)66/h3-44,67-68,78-79H,45-48H2,1-2H3,(H,74,76)(H,75,77). The lowest BCUT2D eigenvalue weighted by atomic mass is 9.72. The van der Waals surface area contributed by atoms with Gasteiger partial charge in [0.05, 0.1) is 11.2 Å². The molecule has 12 aromatic rings. The van der Waals surface area contributed by atoms with Crippen molar-refractivity contribution >= 4 is 76.4 Å². The molecular formula is C73H62N2O4. The fourth-order valence-electron chi connectivity index (χ4n) is 12.3. The Morgan fingerprint density at radius 3 is 1.04 bits per heavy atom. The number of amides is 2. The molecule has 4 atom stereocenters. The Morgan fingerprint density at radius 1 is 0.354 bits per heavy atom. The van der Waals surface area contributed by atoms with Crippen LogP contribution in [0.15, 0.2) is 255 Å². The van der Waals surface area contributed by atoms with Gasteiger partial charge in [-0.15, -0.1) is 0 Å². The van der Waals surface area contributed by atoms with Crippen LogP contribution in [0, 0.1) is 5.41 Å². The van der Waals surface area contributed by atoms with Gasteiger partial charge in [-0.25, -0.2) is 0 Å². The summed E-state index contributed by atoms with van der Waals surface area (Å²) in [7, 11) is 0. The summed E-state index contributed by atoms with van der Waals surface area (Å²) in [6.45, 7) is 2.85. The average molecular weight is 1030 g/mol. The lowest BCUT2D eigenvalue weighted by Crippen LogP contribution is -2.56. The van der Waals surface area contributed by atoms with Crippen LogP contribution >= 0.6 is 0 Å². The molecule has 6 heteroatoms. The van der Waals surface area contributed by atoms with E-state index in [1.165, 1.54) is 0 Å². The van der Waals surface area contributed by atoms with Crippen LogP contribution in [0.3, 0.4) is 0 Å². The Morgan fingerprint density at radius 2 is 0.658 bits per heavy atom. The zero-order valence-electron chi connectivity index (χ0n) is 44.4. The summed E-state index contributed by atoms with van der Waals surface area (Å²) in [6, 6.07) is 86.7. The van der Waals surface area contributed by atoms with Crippen molar-refractivity contribution in [3.8, 4) is 0 Å². The molecule has 6 nitrogen and oxygen atoms in total. The van der Waals surface area contributed by atoms with Gasteiger partial charge in [0.15, 0.2) is 0 Å². The highest BCUT2D eigenvalue weighted by Gasteiger charge is 2.45. The summed E-state index contributed by atoms with van der Waals surface area (Å²) in [5.74, 6) is -2.40. The second kappa shape index (κ2) is 21.1. The first-order valence-electron chi connectivity index (χ1n) is 27.3. The molecule has 0 fully saturated rings. The number of fused-ring (bicyclic) bond motifs is 6. The van der Waals surface area contributed by atoms with Crippen molar-refractivity contribution in [3.05, 3.63) is 288 Å². The maximum atomic E-state index is 15.1. The van der Waals surface area contributed by atoms with E-state index in [2.05, 4.69) is 180 Å². The van der Waals surface area contributed by atoms with E-state index < -0.39 is 40.3 Å². The van der Waals surface area contributed by atoms with E-state index >= 15 is 9.59 Å². The molecule has 12 aromatic carbocycles. The molecule has 0 aliphatic heterocycles. The van der Waals surface area contributed by atoms with E-state index in [1.807, 2.05) is 84.9 Å². The minimum absolute atomic E-state index is 0.178. The summed E-state index contributed by atoms with van der Waals surface area (Å²) in [4.78, 5) is 30.2. The van der Waals surface area contributed by atoms with Crippen molar-refractivity contribution in [2.75, 3.05) is 13.1 Å². The first-order valence-corrected chi connectivity index (χ1v) is 27.3. The van der Waals surface area contributed by atoms with Crippen LogP contribution in [0.2, 0.25) is 0 Å². The van der Waals surface area contributed by atoms with Crippen molar-refractivity contribution in [2.45, 2.75) is 49.7 Å². The normalized spacial score (nSPS) is 14.2. The molecule has 0 aromatic heterocycles. The molecule has 2 amide bonds. The van der Waals surface area contributed by atoms with Crippen molar-refractivity contribution in [1.29, 1.82) is 0 Å². The first-order chi connectivity index (χ1) is 38.4. The Balaban J connectivity index is 0.913. The highest BCUT2D eigenvalue weighted by Crippen LogP contribution is 2.44. The molecule has 12 rings (SSSR count). The number of carbonyl (C=O) groups excluding carboxylic acids is 2. The predicted octanol–water partition coefficient (Wildman–Crippen LogP) is 14.8. The van der Waals surface area contributed by atoms with E-state index in [-0.39, 0.29) is 25.9 Å². The highest BCUT2D eigenvalue weighted by molar-refractivity contribution is 6.04. The molecule has 0 spiro atoms. The Hall–Kier alpha value is -8.94. The number of benzene rings is 12. The maximum absolute atomic E-state index is 15.1. The fraction of sp³-hybridized carbons (Fsp3) is 0.151. The third-order valence-corrected chi connectivity index (χ3v) is 16.5. The second-order valence-electron chi connectivity index (χ2n) is 22.1.